The van der Waals surface area contributed by atoms with Gasteiger partial charge in [0.25, 0.3) is 0 Å². The predicted molar refractivity (Wildman–Crippen MR) is 108 cm³/mol. The molecule has 1 aliphatic rings. The Kier molecular flexibility index (Phi) is 7.17. The van der Waals surface area contributed by atoms with Crippen molar-refractivity contribution in [3.63, 3.8) is 0 Å². The fraction of sp³-hybridized carbons (Fsp3) is 0.429. The standard InChI is InChI=1S/C17H21NO2.C4H6O6/c1-12-17(19,20-11-16(2,3)18-12)15-10-6-8-13-7-4-5-9-14(13)15;5-1(3(7)8)2(6)4(9)10/h4-10,12,18-19H,11H2,1-3H3;1-2,5-6H,(H,7,8)(H,9,10)/t12-,17+;1-,2-/m00/s1. The summed E-state index contributed by atoms with van der Waals surface area (Å²) in [6.45, 7) is 6.58. The van der Waals surface area contributed by atoms with Crippen molar-refractivity contribution >= 4 is 22.7 Å². The summed E-state index contributed by atoms with van der Waals surface area (Å²) in [5.41, 5.74) is 0.696. The Morgan fingerprint density at radius 3 is 2.10 bits per heavy atom. The van der Waals surface area contributed by atoms with Crippen LogP contribution in [-0.4, -0.2) is 67.9 Å². The fourth-order valence-corrected chi connectivity index (χ4v) is 3.26. The summed E-state index contributed by atoms with van der Waals surface area (Å²) in [5.74, 6) is -4.83. The van der Waals surface area contributed by atoms with Crippen LogP contribution in [0.1, 0.15) is 26.3 Å². The van der Waals surface area contributed by atoms with Crippen LogP contribution in [0.4, 0.5) is 0 Å². The van der Waals surface area contributed by atoms with Gasteiger partial charge in [-0.05, 0) is 31.5 Å². The van der Waals surface area contributed by atoms with E-state index in [1.165, 1.54) is 0 Å². The van der Waals surface area contributed by atoms with Crippen LogP contribution >= 0.6 is 0 Å². The Hall–Kier alpha value is -2.56. The van der Waals surface area contributed by atoms with Crippen LogP contribution in [0.15, 0.2) is 42.5 Å². The van der Waals surface area contributed by atoms with Crippen molar-refractivity contribution in [3.05, 3.63) is 48.0 Å². The smallest absolute Gasteiger partial charge is 0.335 e. The molecule has 0 spiro atoms. The first-order valence-corrected chi connectivity index (χ1v) is 9.33. The number of hydrogen-bond donors (Lipinski definition) is 6. The number of aliphatic hydroxyl groups is 3. The molecule has 1 fully saturated rings. The Balaban J connectivity index is 0.000000274. The average molecular weight is 421 g/mol. The van der Waals surface area contributed by atoms with Crippen molar-refractivity contribution in [1.82, 2.24) is 5.32 Å². The van der Waals surface area contributed by atoms with Crippen LogP contribution in [-0.2, 0) is 20.1 Å². The van der Waals surface area contributed by atoms with Gasteiger partial charge >= 0.3 is 11.9 Å². The predicted octanol–water partition coefficient (Wildman–Crippen LogP) is 0.649. The Morgan fingerprint density at radius 1 is 1.03 bits per heavy atom. The molecule has 0 amide bonds. The van der Waals surface area contributed by atoms with Crippen molar-refractivity contribution in [3.8, 4) is 0 Å². The lowest BCUT2D eigenvalue weighted by molar-refractivity contribution is -0.262. The maximum Gasteiger partial charge on any atom is 0.335 e. The number of morpholine rings is 1. The molecule has 30 heavy (non-hydrogen) atoms. The van der Waals surface area contributed by atoms with E-state index in [1.54, 1.807) is 0 Å². The van der Waals surface area contributed by atoms with Gasteiger partial charge in [-0.15, -0.1) is 0 Å². The normalized spacial score (nSPS) is 24.9. The maximum absolute atomic E-state index is 11.1. The van der Waals surface area contributed by atoms with E-state index in [1.807, 2.05) is 49.4 Å². The topological polar surface area (TPSA) is 157 Å². The highest BCUT2D eigenvalue weighted by atomic mass is 16.6. The Labute approximate surface area is 173 Å². The molecule has 1 heterocycles. The number of aliphatic carboxylic acids is 2. The summed E-state index contributed by atoms with van der Waals surface area (Å²) in [6, 6.07) is 13.8. The molecule has 4 atom stereocenters. The highest BCUT2D eigenvalue weighted by Crippen LogP contribution is 2.36. The van der Waals surface area contributed by atoms with Gasteiger partial charge in [0.05, 0.1) is 12.6 Å². The number of rotatable bonds is 4. The third kappa shape index (κ3) is 5.13. The van der Waals surface area contributed by atoms with E-state index >= 15 is 0 Å². The number of carboxylic acid groups (broad SMARTS) is 2. The molecule has 0 saturated carbocycles. The summed E-state index contributed by atoms with van der Waals surface area (Å²) in [6.07, 6.45) is -4.53. The van der Waals surface area contributed by atoms with Gasteiger partial charge in [-0.2, -0.15) is 0 Å². The van der Waals surface area contributed by atoms with Crippen molar-refractivity contribution < 1.29 is 39.9 Å². The van der Waals surface area contributed by atoms with Crippen molar-refractivity contribution in [2.75, 3.05) is 6.61 Å². The monoisotopic (exact) mass is 421 g/mol. The van der Waals surface area contributed by atoms with Gasteiger partial charge in [0.2, 0.25) is 5.79 Å². The number of hydrogen-bond acceptors (Lipinski definition) is 7. The second kappa shape index (κ2) is 9.07. The fourth-order valence-electron chi connectivity index (χ4n) is 3.26. The zero-order valence-electron chi connectivity index (χ0n) is 16.9. The first kappa shape index (κ1) is 23.7. The highest BCUT2D eigenvalue weighted by molar-refractivity contribution is 5.86. The zero-order chi connectivity index (χ0) is 22.7. The SMILES string of the molecule is C[C@@H]1NC(C)(C)CO[C@@]1(O)c1cccc2ccccc12.O=C(O)[C@@H](O)[C@H](O)C(=O)O. The van der Waals surface area contributed by atoms with Crippen molar-refractivity contribution in [2.24, 2.45) is 0 Å². The molecule has 0 bridgehead atoms. The number of carbonyl (C=O) groups is 2. The number of nitrogens with one attached hydrogen (secondary N) is 1. The lowest BCUT2D eigenvalue weighted by atomic mass is 9.89. The van der Waals surface area contributed by atoms with Gasteiger partial charge in [-0.3, -0.25) is 0 Å². The highest BCUT2D eigenvalue weighted by Gasteiger charge is 2.45. The summed E-state index contributed by atoms with van der Waals surface area (Å²) in [5, 5.41) is 49.2. The zero-order valence-corrected chi connectivity index (χ0v) is 16.9. The molecular formula is C21H27NO8. The van der Waals surface area contributed by atoms with E-state index in [9.17, 15) is 14.7 Å². The summed E-state index contributed by atoms with van der Waals surface area (Å²) in [7, 11) is 0. The van der Waals surface area contributed by atoms with Gasteiger partial charge < -0.3 is 35.6 Å². The van der Waals surface area contributed by atoms with Gasteiger partial charge in [0.15, 0.2) is 12.2 Å². The number of benzene rings is 2. The molecule has 9 heteroatoms. The Bertz CT molecular complexity index is 892. The molecule has 9 nitrogen and oxygen atoms in total. The van der Waals surface area contributed by atoms with E-state index in [2.05, 4.69) is 19.2 Å². The van der Waals surface area contributed by atoms with Gasteiger partial charge in [-0.1, -0.05) is 42.5 Å². The minimum Gasteiger partial charge on any atom is -0.479 e. The molecule has 0 aromatic heterocycles. The molecule has 2 aromatic carbocycles. The van der Waals surface area contributed by atoms with Crippen molar-refractivity contribution in [2.45, 2.75) is 50.3 Å². The summed E-state index contributed by atoms with van der Waals surface area (Å²) >= 11 is 0. The number of carboxylic acids is 2. The van der Waals surface area contributed by atoms with Gasteiger partial charge in [-0.25, -0.2) is 9.59 Å². The molecule has 6 N–H and O–H groups in total. The maximum atomic E-state index is 11.1. The van der Waals surface area contributed by atoms with Crippen LogP contribution < -0.4 is 5.32 Å². The molecule has 0 radical (unpaired) electrons. The van der Waals surface area contributed by atoms with Gasteiger partial charge in [0, 0.05) is 11.1 Å². The van der Waals surface area contributed by atoms with E-state index in [0.717, 1.165) is 16.3 Å². The number of ether oxygens (including phenoxy) is 1. The lowest BCUT2D eigenvalue weighted by Gasteiger charge is -2.46. The summed E-state index contributed by atoms with van der Waals surface area (Å²) < 4.78 is 5.88. The largest absolute Gasteiger partial charge is 0.479 e. The van der Waals surface area contributed by atoms with Crippen LogP contribution in [0.5, 0.6) is 0 Å². The van der Waals surface area contributed by atoms with Crippen LogP contribution in [0.3, 0.4) is 0 Å². The van der Waals surface area contributed by atoms with E-state index in [0.29, 0.717) is 6.61 Å². The molecule has 0 unspecified atom stereocenters. The molecule has 3 rings (SSSR count). The second-order valence-corrected chi connectivity index (χ2v) is 7.83. The second-order valence-electron chi connectivity index (χ2n) is 7.83. The van der Waals surface area contributed by atoms with Crippen LogP contribution in [0.2, 0.25) is 0 Å². The summed E-state index contributed by atoms with van der Waals surface area (Å²) in [4.78, 5) is 19.5. The molecule has 164 valence electrons. The number of fused-ring (bicyclic) bond motifs is 1. The molecule has 0 aliphatic carbocycles. The molecular weight excluding hydrogens is 394 g/mol. The third-order valence-electron chi connectivity index (χ3n) is 4.83. The first-order valence-electron chi connectivity index (χ1n) is 9.33. The van der Waals surface area contributed by atoms with Crippen molar-refractivity contribution in [1.29, 1.82) is 0 Å². The average Bonchev–Trinajstić information content (AvgIpc) is 2.69. The van der Waals surface area contributed by atoms with E-state index in [4.69, 9.17) is 25.2 Å². The lowest BCUT2D eigenvalue weighted by Crippen LogP contribution is -2.63. The number of aliphatic hydroxyl groups excluding tert-OH is 2. The quantitative estimate of drug-likeness (QED) is 0.417. The molecule has 1 saturated heterocycles. The van der Waals surface area contributed by atoms with E-state index < -0.39 is 29.9 Å². The minimum atomic E-state index is -2.27. The van der Waals surface area contributed by atoms with E-state index in [-0.39, 0.29) is 11.6 Å². The van der Waals surface area contributed by atoms with Crippen LogP contribution in [0.25, 0.3) is 10.8 Å². The minimum absolute atomic E-state index is 0.129. The third-order valence-corrected chi connectivity index (χ3v) is 4.83. The first-order chi connectivity index (χ1) is 13.9. The molecule has 1 aliphatic heterocycles. The van der Waals surface area contributed by atoms with Gasteiger partial charge in [0.1, 0.15) is 0 Å². The Morgan fingerprint density at radius 2 is 1.57 bits per heavy atom. The van der Waals surface area contributed by atoms with Crippen LogP contribution in [0, 0.1) is 0 Å². The molecule has 2 aromatic rings.